The standard InChI is InChI=1S/C14H21N3O2/c1-3-19-12-5-8-17(9-6-12)14(18)11-4-7-16-13(10-11)15-2/h4,7,10,12H,3,5-6,8-9H2,1-2H3,(H,15,16). The number of carbonyl (C=O) groups is 1. The molecule has 104 valence electrons. The Bertz CT molecular complexity index is 428. The second-order valence-corrected chi connectivity index (χ2v) is 4.63. The number of aromatic nitrogens is 1. The third-order valence-corrected chi connectivity index (χ3v) is 3.39. The number of ether oxygens (including phenoxy) is 1. The number of nitrogens with one attached hydrogen (secondary N) is 1. The molecule has 0 atom stereocenters. The molecule has 1 aromatic rings. The van der Waals surface area contributed by atoms with Crippen LogP contribution in [0.4, 0.5) is 5.82 Å². The zero-order valence-electron chi connectivity index (χ0n) is 11.6. The lowest BCUT2D eigenvalue weighted by molar-refractivity contribution is 0.0146. The summed E-state index contributed by atoms with van der Waals surface area (Å²) in [6.45, 7) is 4.28. The lowest BCUT2D eigenvalue weighted by Crippen LogP contribution is -2.40. The van der Waals surface area contributed by atoms with Crippen molar-refractivity contribution >= 4 is 11.7 Å². The number of amides is 1. The molecule has 2 heterocycles. The SMILES string of the molecule is CCOC1CCN(C(=O)c2ccnc(NC)c2)CC1. The predicted molar refractivity (Wildman–Crippen MR) is 74.3 cm³/mol. The maximum Gasteiger partial charge on any atom is 0.254 e. The molecule has 1 aromatic heterocycles. The van der Waals surface area contributed by atoms with E-state index in [1.54, 1.807) is 25.4 Å². The average Bonchev–Trinajstić information content (AvgIpc) is 2.48. The first-order valence-electron chi connectivity index (χ1n) is 6.79. The molecule has 0 saturated carbocycles. The summed E-state index contributed by atoms with van der Waals surface area (Å²) in [5, 5.41) is 2.95. The molecule has 1 fully saturated rings. The summed E-state index contributed by atoms with van der Waals surface area (Å²) in [5.74, 6) is 0.795. The van der Waals surface area contributed by atoms with Crippen molar-refractivity contribution in [1.29, 1.82) is 0 Å². The van der Waals surface area contributed by atoms with Crippen LogP contribution in [0.3, 0.4) is 0 Å². The third-order valence-electron chi connectivity index (χ3n) is 3.39. The molecular weight excluding hydrogens is 242 g/mol. The van der Waals surface area contributed by atoms with E-state index >= 15 is 0 Å². The van der Waals surface area contributed by atoms with Gasteiger partial charge in [0.2, 0.25) is 0 Å². The largest absolute Gasteiger partial charge is 0.378 e. The summed E-state index contributed by atoms with van der Waals surface area (Å²) in [6.07, 6.45) is 3.80. The second-order valence-electron chi connectivity index (χ2n) is 4.63. The minimum Gasteiger partial charge on any atom is -0.378 e. The average molecular weight is 263 g/mol. The Hall–Kier alpha value is -1.62. The van der Waals surface area contributed by atoms with Crippen molar-refractivity contribution in [3.8, 4) is 0 Å². The fourth-order valence-corrected chi connectivity index (χ4v) is 2.34. The van der Waals surface area contributed by atoms with E-state index in [0.717, 1.165) is 38.4 Å². The van der Waals surface area contributed by atoms with E-state index < -0.39 is 0 Å². The summed E-state index contributed by atoms with van der Waals surface area (Å²) in [6, 6.07) is 3.55. The van der Waals surface area contributed by atoms with Crippen LogP contribution in [0.1, 0.15) is 30.1 Å². The molecule has 1 aliphatic rings. The minimum absolute atomic E-state index is 0.0776. The van der Waals surface area contributed by atoms with Gasteiger partial charge >= 0.3 is 0 Å². The van der Waals surface area contributed by atoms with E-state index in [9.17, 15) is 4.79 Å². The van der Waals surface area contributed by atoms with Crippen molar-refractivity contribution in [2.45, 2.75) is 25.9 Å². The molecule has 0 bridgehead atoms. The molecule has 0 aromatic carbocycles. The first kappa shape index (κ1) is 13.8. The summed E-state index contributed by atoms with van der Waals surface area (Å²) >= 11 is 0. The van der Waals surface area contributed by atoms with Gasteiger partial charge in [0.05, 0.1) is 6.10 Å². The summed E-state index contributed by atoms with van der Waals surface area (Å²) < 4.78 is 5.60. The van der Waals surface area contributed by atoms with Crippen LogP contribution < -0.4 is 5.32 Å². The molecule has 5 nitrogen and oxygen atoms in total. The Morgan fingerprint density at radius 3 is 2.89 bits per heavy atom. The number of pyridine rings is 1. The maximum atomic E-state index is 12.4. The number of likely N-dealkylation sites (tertiary alicyclic amines) is 1. The van der Waals surface area contributed by atoms with Gasteiger partial charge in [-0.15, -0.1) is 0 Å². The Morgan fingerprint density at radius 1 is 1.53 bits per heavy atom. The predicted octanol–water partition coefficient (Wildman–Crippen LogP) is 1.76. The zero-order valence-corrected chi connectivity index (χ0v) is 11.6. The van der Waals surface area contributed by atoms with Crippen LogP contribution in [0.2, 0.25) is 0 Å². The lowest BCUT2D eigenvalue weighted by atomic mass is 10.1. The molecule has 0 unspecified atom stereocenters. The Kier molecular flexibility index (Phi) is 4.74. The molecule has 19 heavy (non-hydrogen) atoms. The van der Waals surface area contributed by atoms with Crippen molar-refractivity contribution < 1.29 is 9.53 Å². The number of anilines is 1. The summed E-state index contributed by atoms with van der Waals surface area (Å²) in [5.41, 5.74) is 0.689. The van der Waals surface area contributed by atoms with Crippen molar-refractivity contribution in [2.24, 2.45) is 0 Å². The first-order valence-corrected chi connectivity index (χ1v) is 6.79. The smallest absolute Gasteiger partial charge is 0.254 e. The molecule has 1 N–H and O–H groups in total. The number of piperidine rings is 1. The zero-order chi connectivity index (χ0) is 13.7. The Labute approximate surface area is 114 Å². The second kappa shape index (κ2) is 6.52. The van der Waals surface area contributed by atoms with E-state index in [1.165, 1.54) is 0 Å². The fraction of sp³-hybridized carbons (Fsp3) is 0.571. The van der Waals surface area contributed by atoms with Gasteiger partial charge in [-0.3, -0.25) is 4.79 Å². The number of carbonyl (C=O) groups excluding carboxylic acids is 1. The topological polar surface area (TPSA) is 54.5 Å². The number of hydrogen-bond donors (Lipinski definition) is 1. The minimum atomic E-state index is 0.0776. The quantitative estimate of drug-likeness (QED) is 0.899. The molecule has 0 aliphatic carbocycles. The first-order chi connectivity index (χ1) is 9.24. The van der Waals surface area contributed by atoms with Gasteiger partial charge in [-0.2, -0.15) is 0 Å². The van der Waals surface area contributed by atoms with Crippen LogP contribution in [0.15, 0.2) is 18.3 Å². The summed E-state index contributed by atoms with van der Waals surface area (Å²) in [4.78, 5) is 18.4. The van der Waals surface area contributed by atoms with E-state index in [1.807, 2.05) is 11.8 Å². The van der Waals surface area contributed by atoms with Crippen LogP contribution in [-0.2, 0) is 4.74 Å². The van der Waals surface area contributed by atoms with Crippen LogP contribution in [0, 0.1) is 0 Å². The highest BCUT2D eigenvalue weighted by Gasteiger charge is 2.23. The van der Waals surface area contributed by atoms with Crippen LogP contribution in [-0.4, -0.2) is 48.6 Å². The normalized spacial score (nSPS) is 16.4. The number of hydrogen-bond acceptors (Lipinski definition) is 4. The van der Waals surface area contributed by atoms with E-state index in [4.69, 9.17) is 4.74 Å². The van der Waals surface area contributed by atoms with Crippen molar-refractivity contribution in [3.63, 3.8) is 0 Å². The highest BCUT2D eigenvalue weighted by atomic mass is 16.5. The highest BCUT2D eigenvalue weighted by Crippen LogP contribution is 2.17. The van der Waals surface area contributed by atoms with Gasteiger partial charge in [0.25, 0.3) is 5.91 Å². The van der Waals surface area contributed by atoms with Gasteiger partial charge in [-0.25, -0.2) is 4.98 Å². The fourth-order valence-electron chi connectivity index (χ4n) is 2.34. The van der Waals surface area contributed by atoms with Crippen LogP contribution >= 0.6 is 0 Å². The van der Waals surface area contributed by atoms with Gasteiger partial charge < -0.3 is 15.0 Å². The van der Waals surface area contributed by atoms with Gasteiger partial charge in [0.15, 0.2) is 0 Å². The molecular formula is C14H21N3O2. The van der Waals surface area contributed by atoms with Gasteiger partial charge in [-0.05, 0) is 31.9 Å². The van der Waals surface area contributed by atoms with E-state index in [2.05, 4.69) is 10.3 Å². The molecule has 0 spiro atoms. The van der Waals surface area contributed by atoms with E-state index in [-0.39, 0.29) is 5.91 Å². The van der Waals surface area contributed by atoms with Crippen LogP contribution in [0.25, 0.3) is 0 Å². The monoisotopic (exact) mass is 263 g/mol. The van der Waals surface area contributed by atoms with Crippen molar-refractivity contribution in [2.75, 3.05) is 32.1 Å². The molecule has 1 amide bonds. The number of rotatable bonds is 4. The van der Waals surface area contributed by atoms with E-state index in [0.29, 0.717) is 11.7 Å². The molecule has 1 aliphatic heterocycles. The van der Waals surface area contributed by atoms with Crippen molar-refractivity contribution in [3.05, 3.63) is 23.9 Å². The molecule has 1 saturated heterocycles. The van der Waals surface area contributed by atoms with Crippen LogP contribution in [0.5, 0.6) is 0 Å². The van der Waals surface area contributed by atoms with Gasteiger partial charge in [0, 0.05) is 38.5 Å². The molecule has 5 heteroatoms. The Balaban J connectivity index is 1.97. The highest BCUT2D eigenvalue weighted by molar-refractivity contribution is 5.94. The number of nitrogens with zero attached hydrogens (tertiary/aromatic N) is 2. The molecule has 2 rings (SSSR count). The van der Waals surface area contributed by atoms with Gasteiger partial charge in [0.1, 0.15) is 5.82 Å². The van der Waals surface area contributed by atoms with Gasteiger partial charge in [-0.1, -0.05) is 0 Å². The molecule has 0 radical (unpaired) electrons. The lowest BCUT2D eigenvalue weighted by Gasteiger charge is -2.31. The third kappa shape index (κ3) is 3.44. The maximum absolute atomic E-state index is 12.4. The Morgan fingerprint density at radius 2 is 2.26 bits per heavy atom. The van der Waals surface area contributed by atoms with Crippen molar-refractivity contribution in [1.82, 2.24) is 9.88 Å². The summed E-state index contributed by atoms with van der Waals surface area (Å²) in [7, 11) is 1.80.